The zero-order valence-corrected chi connectivity index (χ0v) is 15.4. The van der Waals surface area contributed by atoms with Gasteiger partial charge in [0.15, 0.2) is 0 Å². The Balaban J connectivity index is 1.66. The molecule has 0 spiro atoms. The van der Waals surface area contributed by atoms with E-state index in [0.717, 1.165) is 17.0 Å². The summed E-state index contributed by atoms with van der Waals surface area (Å²) in [5.41, 5.74) is 2.23. The second-order valence-corrected chi connectivity index (χ2v) is 7.94. The number of thioether (sulfide) groups is 1. The van der Waals surface area contributed by atoms with E-state index in [2.05, 4.69) is 13.0 Å². The molecule has 0 N–H and O–H groups in total. The summed E-state index contributed by atoms with van der Waals surface area (Å²) in [6.45, 7) is 3.76. The van der Waals surface area contributed by atoms with Crippen molar-refractivity contribution in [2.24, 2.45) is 0 Å². The van der Waals surface area contributed by atoms with E-state index in [1.54, 1.807) is 17.0 Å². The maximum absolute atomic E-state index is 13.3. The van der Waals surface area contributed by atoms with Gasteiger partial charge in [-0.1, -0.05) is 25.1 Å². The molecule has 1 saturated heterocycles. The summed E-state index contributed by atoms with van der Waals surface area (Å²) in [5, 5.41) is 0.458. The Morgan fingerprint density at radius 2 is 2.00 bits per heavy atom. The Morgan fingerprint density at radius 1 is 1.15 bits per heavy atom. The third kappa shape index (κ3) is 3.17. The number of ether oxygens (including phenoxy) is 1. The molecule has 0 bridgehead atoms. The number of nitrogens with zero attached hydrogens (tertiary/aromatic N) is 2. The van der Waals surface area contributed by atoms with Crippen LogP contribution >= 0.6 is 11.8 Å². The molecule has 2 aromatic carbocycles. The van der Waals surface area contributed by atoms with Crippen LogP contribution in [0.2, 0.25) is 0 Å². The van der Waals surface area contributed by atoms with Crippen molar-refractivity contribution in [3.8, 4) is 0 Å². The third-order valence-electron chi connectivity index (χ3n) is 4.65. The first-order chi connectivity index (χ1) is 12.6. The van der Waals surface area contributed by atoms with Gasteiger partial charge in [-0.2, -0.15) is 0 Å². The van der Waals surface area contributed by atoms with Crippen LogP contribution in [0.1, 0.15) is 23.7 Å². The Bertz CT molecular complexity index is 854. The zero-order valence-electron chi connectivity index (χ0n) is 14.6. The molecule has 2 aliphatic rings. The van der Waals surface area contributed by atoms with Crippen molar-refractivity contribution in [2.45, 2.75) is 23.5 Å². The summed E-state index contributed by atoms with van der Waals surface area (Å²) in [5.74, 6) is -0.0402. The predicted octanol–water partition coefficient (Wildman–Crippen LogP) is 4.17. The minimum absolute atomic E-state index is 0.0402. The average molecular weight is 368 g/mol. The molecule has 5 nitrogen and oxygen atoms in total. The number of para-hydroxylation sites is 1. The van der Waals surface area contributed by atoms with Gasteiger partial charge in [-0.3, -0.25) is 9.69 Å². The summed E-state index contributed by atoms with van der Waals surface area (Å²) >= 11 is 1.81. The lowest BCUT2D eigenvalue weighted by atomic mass is 10.1. The molecule has 1 atom stereocenters. The van der Waals surface area contributed by atoms with Gasteiger partial charge in [0, 0.05) is 27.9 Å². The largest absolute Gasteiger partial charge is 0.447 e. The van der Waals surface area contributed by atoms with Gasteiger partial charge in [0.25, 0.3) is 5.91 Å². The summed E-state index contributed by atoms with van der Waals surface area (Å²) in [4.78, 5) is 29.6. The molecular weight excluding hydrogens is 348 g/mol. The normalized spacial score (nSPS) is 19.7. The number of benzene rings is 2. The minimum atomic E-state index is -0.361. The standard InChI is InChI=1S/C20H20N2O3S/c1-14-9-10-22(17-7-2-3-8-18(17)26-14)19(23)15-5-4-6-16(13-15)21-11-12-25-20(21)24/h2-8,13-14H,9-12H2,1H3/t14-/m1/s1. The summed E-state index contributed by atoms with van der Waals surface area (Å²) in [7, 11) is 0. The van der Waals surface area contributed by atoms with Gasteiger partial charge in [-0.05, 0) is 36.8 Å². The number of fused-ring (bicyclic) bond motifs is 1. The van der Waals surface area contributed by atoms with Crippen molar-refractivity contribution in [1.29, 1.82) is 0 Å². The van der Waals surface area contributed by atoms with E-state index in [1.807, 2.05) is 47.0 Å². The van der Waals surface area contributed by atoms with Crippen LogP contribution in [-0.2, 0) is 4.74 Å². The molecule has 6 heteroatoms. The highest BCUT2D eigenvalue weighted by Crippen LogP contribution is 2.38. The fraction of sp³-hybridized carbons (Fsp3) is 0.300. The first kappa shape index (κ1) is 17.0. The van der Waals surface area contributed by atoms with Crippen molar-refractivity contribution in [2.75, 3.05) is 29.5 Å². The Kier molecular flexibility index (Phi) is 4.59. The lowest BCUT2D eigenvalue weighted by Crippen LogP contribution is -2.32. The van der Waals surface area contributed by atoms with Crippen LogP contribution < -0.4 is 9.80 Å². The minimum Gasteiger partial charge on any atom is -0.447 e. The topological polar surface area (TPSA) is 49.9 Å². The molecule has 1 fully saturated rings. The van der Waals surface area contributed by atoms with Gasteiger partial charge >= 0.3 is 6.09 Å². The van der Waals surface area contributed by atoms with Crippen LogP contribution in [0.3, 0.4) is 0 Å². The fourth-order valence-corrected chi connectivity index (χ4v) is 4.40. The van der Waals surface area contributed by atoms with Crippen LogP contribution in [0.15, 0.2) is 53.4 Å². The van der Waals surface area contributed by atoms with Crippen LogP contribution in [0.5, 0.6) is 0 Å². The van der Waals surface area contributed by atoms with E-state index in [4.69, 9.17) is 4.74 Å². The molecule has 2 aliphatic heterocycles. The number of carbonyl (C=O) groups is 2. The highest BCUT2D eigenvalue weighted by atomic mass is 32.2. The lowest BCUT2D eigenvalue weighted by Gasteiger charge is -2.23. The maximum atomic E-state index is 13.3. The maximum Gasteiger partial charge on any atom is 0.414 e. The van der Waals surface area contributed by atoms with Crippen molar-refractivity contribution >= 4 is 35.1 Å². The third-order valence-corrected chi connectivity index (χ3v) is 5.89. The van der Waals surface area contributed by atoms with Crippen molar-refractivity contribution in [3.05, 3.63) is 54.1 Å². The van der Waals surface area contributed by atoms with Crippen molar-refractivity contribution < 1.29 is 14.3 Å². The number of cyclic esters (lactones) is 1. The van der Waals surface area contributed by atoms with Crippen LogP contribution in [-0.4, -0.2) is 36.9 Å². The Labute approximate surface area is 156 Å². The molecular formula is C20H20N2O3S. The fourth-order valence-electron chi connectivity index (χ4n) is 3.29. The van der Waals surface area contributed by atoms with E-state index in [9.17, 15) is 9.59 Å². The smallest absolute Gasteiger partial charge is 0.414 e. The molecule has 0 aliphatic carbocycles. The monoisotopic (exact) mass is 368 g/mol. The molecule has 0 aromatic heterocycles. The number of hydrogen-bond donors (Lipinski definition) is 0. The molecule has 2 amide bonds. The van der Waals surface area contributed by atoms with Gasteiger partial charge in [0.1, 0.15) is 6.61 Å². The Hall–Kier alpha value is -2.47. The van der Waals surface area contributed by atoms with Crippen LogP contribution in [0.4, 0.5) is 16.2 Å². The highest BCUT2D eigenvalue weighted by molar-refractivity contribution is 8.00. The number of carbonyl (C=O) groups excluding carboxylic acids is 2. The summed E-state index contributed by atoms with van der Waals surface area (Å²) in [6.07, 6.45) is 0.573. The van der Waals surface area contributed by atoms with E-state index in [0.29, 0.717) is 36.2 Å². The second kappa shape index (κ2) is 7.03. The summed E-state index contributed by atoms with van der Waals surface area (Å²) < 4.78 is 5.00. The average Bonchev–Trinajstić information content (AvgIpc) is 3.01. The molecule has 26 heavy (non-hydrogen) atoms. The highest BCUT2D eigenvalue weighted by Gasteiger charge is 2.27. The first-order valence-electron chi connectivity index (χ1n) is 8.75. The van der Waals surface area contributed by atoms with Gasteiger partial charge in [-0.15, -0.1) is 11.8 Å². The van der Waals surface area contributed by atoms with Crippen LogP contribution in [0.25, 0.3) is 0 Å². The van der Waals surface area contributed by atoms with Gasteiger partial charge in [0.2, 0.25) is 0 Å². The van der Waals surface area contributed by atoms with Gasteiger partial charge in [0.05, 0.1) is 12.2 Å². The SMILES string of the molecule is C[C@@H]1CCN(C(=O)c2cccc(N3CCOC3=O)c2)c2ccccc2S1. The molecule has 0 radical (unpaired) electrons. The van der Waals surface area contributed by atoms with Crippen LogP contribution in [0, 0.1) is 0 Å². The lowest BCUT2D eigenvalue weighted by molar-refractivity contribution is 0.0986. The van der Waals surface area contributed by atoms with E-state index >= 15 is 0 Å². The number of amides is 2. The molecule has 134 valence electrons. The van der Waals surface area contributed by atoms with Gasteiger partial charge in [-0.25, -0.2) is 4.79 Å². The van der Waals surface area contributed by atoms with E-state index in [-0.39, 0.29) is 12.0 Å². The van der Waals surface area contributed by atoms with Crippen molar-refractivity contribution in [1.82, 2.24) is 0 Å². The number of anilines is 2. The molecule has 2 aromatic rings. The predicted molar refractivity (Wildman–Crippen MR) is 103 cm³/mol. The molecule has 0 unspecified atom stereocenters. The second-order valence-electron chi connectivity index (χ2n) is 6.46. The Morgan fingerprint density at radius 3 is 2.81 bits per heavy atom. The number of hydrogen-bond acceptors (Lipinski definition) is 4. The zero-order chi connectivity index (χ0) is 18.1. The van der Waals surface area contributed by atoms with Crippen molar-refractivity contribution in [3.63, 3.8) is 0 Å². The molecule has 0 saturated carbocycles. The molecule has 2 heterocycles. The quantitative estimate of drug-likeness (QED) is 0.798. The van der Waals surface area contributed by atoms with E-state index < -0.39 is 0 Å². The summed E-state index contributed by atoms with van der Waals surface area (Å²) in [6, 6.07) is 15.3. The molecule has 4 rings (SSSR count). The van der Waals surface area contributed by atoms with E-state index in [1.165, 1.54) is 0 Å². The first-order valence-corrected chi connectivity index (χ1v) is 9.63. The van der Waals surface area contributed by atoms with Gasteiger partial charge < -0.3 is 9.64 Å². The number of rotatable bonds is 2.